The van der Waals surface area contributed by atoms with E-state index in [0.717, 1.165) is 59.0 Å². The summed E-state index contributed by atoms with van der Waals surface area (Å²) in [6.45, 7) is 8.75. The van der Waals surface area contributed by atoms with Crippen molar-refractivity contribution in [1.29, 1.82) is 0 Å². The molecule has 180 valence electrons. The largest absolute Gasteiger partial charge is 0.373 e. The van der Waals surface area contributed by atoms with E-state index >= 15 is 0 Å². The Kier molecular flexibility index (Phi) is 6.95. The number of halogens is 1. The average molecular weight is 488 g/mol. The maximum Gasteiger partial charge on any atom is 0.145 e. The van der Waals surface area contributed by atoms with Gasteiger partial charge in [0, 0.05) is 35.9 Å². The molecule has 0 bridgehead atoms. The van der Waals surface area contributed by atoms with Crippen LogP contribution in [-0.4, -0.2) is 45.1 Å². The van der Waals surface area contributed by atoms with Crippen LogP contribution in [0.3, 0.4) is 0 Å². The first-order valence-electron chi connectivity index (χ1n) is 12.1. The SMILES string of the molecule is CCc1ccc(Nc2nc(CN3C[C@@H](C)O[C@H](C)C3)nc3cc(-c4ncccc4Cl)ccc23)cc1. The summed E-state index contributed by atoms with van der Waals surface area (Å²) in [5, 5.41) is 5.10. The standard InChI is InChI=1S/C28H30ClN5O/c1-4-20-7-10-22(11-8-20)31-28-23-12-9-21(27-24(29)6-5-13-30-27)14-25(23)32-26(33-28)17-34-15-18(2)35-19(3)16-34/h5-14,18-19H,4,15-17H2,1-3H3,(H,31,32,33)/t18-,19-/m1/s1. The molecule has 5 rings (SSSR count). The monoisotopic (exact) mass is 487 g/mol. The molecule has 0 saturated carbocycles. The van der Waals surface area contributed by atoms with E-state index in [1.165, 1.54) is 5.56 Å². The summed E-state index contributed by atoms with van der Waals surface area (Å²) < 4.78 is 5.91. The Morgan fingerprint density at radius 1 is 1.03 bits per heavy atom. The Labute approximate surface area is 211 Å². The van der Waals surface area contributed by atoms with Crippen LogP contribution in [0.25, 0.3) is 22.2 Å². The lowest BCUT2D eigenvalue weighted by Crippen LogP contribution is -2.45. The molecule has 1 fully saturated rings. The Bertz CT molecular complexity index is 1320. The normalized spacial score (nSPS) is 18.6. The maximum atomic E-state index is 6.43. The highest BCUT2D eigenvalue weighted by Crippen LogP contribution is 2.31. The molecule has 6 nitrogen and oxygen atoms in total. The van der Waals surface area contributed by atoms with Gasteiger partial charge in [0.25, 0.3) is 0 Å². The van der Waals surface area contributed by atoms with Gasteiger partial charge in [-0.25, -0.2) is 9.97 Å². The van der Waals surface area contributed by atoms with E-state index in [0.29, 0.717) is 11.6 Å². The van der Waals surface area contributed by atoms with Gasteiger partial charge >= 0.3 is 0 Å². The minimum absolute atomic E-state index is 0.187. The lowest BCUT2D eigenvalue weighted by Gasteiger charge is -2.34. The number of aromatic nitrogens is 3. The van der Waals surface area contributed by atoms with Gasteiger partial charge in [-0.1, -0.05) is 36.7 Å². The van der Waals surface area contributed by atoms with Crippen molar-refractivity contribution in [2.24, 2.45) is 0 Å². The minimum Gasteiger partial charge on any atom is -0.373 e. The predicted octanol–water partition coefficient (Wildman–Crippen LogP) is 6.26. The predicted molar refractivity (Wildman–Crippen MR) is 142 cm³/mol. The average Bonchev–Trinajstić information content (AvgIpc) is 2.84. The lowest BCUT2D eigenvalue weighted by molar-refractivity contribution is -0.0710. The van der Waals surface area contributed by atoms with Crippen molar-refractivity contribution in [3.8, 4) is 11.3 Å². The van der Waals surface area contributed by atoms with Gasteiger partial charge in [0.05, 0.1) is 35.0 Å². The Morgan fingerprint density at radius 3 is 2.51 bits per heavy atom. The molecular weight excluding hydrogens is 458 g/mol. The third kappa shape index (κ3) is 5.45. The zero-order valence-electron chi connectivity index (χ0n) is 20.3. The highest BCUT2D eigenvalue weighted by molar-refractivity contribution is 6.33. The van der Waals surface area contributed by atoms with Crippen molar-refractivity contribution < 1.29 is 4.74 Å². The highest BCUT2D eigenvalue weighted by atomic mass is 35.5. The number of pyridine rings is 1. The van der Waals surface area contributed by atoms with E-state index in [1.807, 2.05) is 30.3 Å². The zero-order valence-corrected chi connectivity index (χ0v) is 21.1. The van der Waals surface area contributed by atoms with Gasteiger partial charge in [-0.3, -0.25) is 9.88 Å². The van der Waals surface area contributed by atoms with Gasteiger partial charge in [0.2, 0.25) is 0 Å². The lowest BCUT2D eigenvalue weighted by atomic mass is 10.1. The molecular formula is C28H30ClN5O. The molecule has 2 atom stereocenters. The van der Waals surface area contributed by atoms with Crippen molar-refractivity contribution in [1.82, 2.24) is 19.9 Å². The number of fused-ring (bicyclic) bond motifs is 1. The first-order chi connectivity index (χ1) is 17.0. The van der Waals surface area contributed by atoms with Crippen LogP contribution >= 0.6 is 11.6 Å². The van der Waals surface area contributed by atoms with E-state index in [9.17, 15) is 0 Å². The molecule has 1 N–H and O–H groups in total. The number of ether oxygens (including phenoxy) is 1. The second-order valence-electron chi connectivity index (χ2n) is 9.18. The van der Waals surface area contributed by atoms with Crippen LogP contribution in [0.1, 0.15) is 32.2 Å². The van der Waals surface area contributed by atoms with E-state index in [2.05, 4.69) is 60.2 Å². The number of nitrogens with one attached hydrogen (secondary N) is 1. The summed E-state index contributed by atoms with van der Waals surface area (Å²) in [6.07, 6.45) is 3.14. The van der Waals surface area contributed by atoms with Crippen LogP contribution in [0.15, 0.2) is 60.8 Å². The smallest absolute Gasteiger partial charge is 0.145 e. The Balaban J connectivity index is 1.55. The first kappa shape index (κ1) is 23.7. The molecule has 2 aromatic carbocycles. The molecule has 0 radical (unpaired) electrons. The number of nitrogens with zero attached hydrogens (tertiary/aromatic N) is 4. The molecule has 4 aromatic rings. The van der Waals surface area contributed by atoms with Gasteiger partial charge in [-0.05, 0) is 62.2 Å². The molecule has 3 heterocycles. The molecule has 35 heavy (non-hydrogen) atoms. The first-order valence-corrected chi connectivity index (χ1v) is 12.5. The highest BCUT2D eigenvalue weighted by Gasteiger charge is 2.23. The molecule has 7 heteroatoms. The van der Waals surface area contributed by atoms with E-state index in [-0.39, 0.29) is 12.2 Å². The van der Waals surface area contributed by atoms with Crippen molar-refractivity contribution in [2.75, 3.05) is 18.4 Å². The van der Waals surface area contributed by atoms with Gasteiger partial charge < -0.3 is 10.1 Å². The zero-order chi connectivity index (χ0) is 24.4. The third-order valence-corrected chi connectivity index (χ3v) is 6.57. The Hall–Kier alpha value is -3.06. The molecule has 1 aliphatic rings. The molecule has 1 saturated heterocycles. The Morgan fingerprint density at radius 2 is 1.80 bits per heavy atom. The number of hydrogen-bond acceptors (Lipinski definition) is 6. The van der Waals surface area contributed by atoms with Crippen molar-refractivity contribution >= 4 is 34.0 Å². The van der Waals surface area contributed by atoms with Crippen LogP contribution in [0.5, 0.6) is 0 Å². The summed E-state index contributed by atoms with van der Waals surface area (Å²) in [5.74, 6) is 1.57. The summed E-state index contributed by atoms with van der Waals surface area (Å²) >= 11 is 6.43. The summed E-state index contributed by atoms with van der Waals surface area (Å²) in [5.41, 5.74) is 4.84. The minimum atomic E-state index is 0.187. The molecule has 0 unspecified atom stereocenters. The van der Waals surface area contributed by atoms with Gasteiger partial charge in [0.1, 0.15) is 11.6 Å². The topological polar surface area (TPSA) is 63.2 Å². The number of hydrogen-bond donors (Lipinski definition) is 1. The fourth-order valence-electron chi connectivity index (χ4n) is 4.66. The van der Waals surface area contributed by atoms with Gasteiger partial charge in [0.15, 0.2) is 0 Å². The number of morpholine rings is 1. The molecule has 0 amide bonds. The summed E-state index contributed by atoms with van der Waals surface area (Å²) in [7, 11) is 0. The summed E-state index contributed by atoms with van der Waals surface area (Å²) in [6, 6.07) is 18.3. The third-order valence-electron chi connectivity index (χ3n) is 6.26. The van der Waals surface area contributed by atoms with Gasteiger partial charge in [-0.2, -0.15) is 0 Å². The van der Waals surface area contributed by atoms with E-state index < -0.39 is 0 Å². The van der Waals surface area contributed by atoms with Gasteiger partial charge in [-0.15, -0.1) is 0 Å². The second kappa shape index (κ2) is 10.3. The number of benzene rings is 2. The van der Waals surface area contributed by atoms with Crippen LogP contribution in [0.4, 0.5) is 11.5 Å². The molecule has 0 aliphatic carbocycles. The number of aryl methyl sites for hydroxylation is 1. The maximum absolute atomic E-state index is 6.43. The molecule has 0 spiro atoms. The van der Waals surface area contributed by atoms with E-state index in [1.54, 1.807) is 6.20 Å². The quantitative estimate of drug-likeness (QED) is 0.346. The van der Waals surface area contributed by atoms with Crippen LogP contribution in [0, 0.1) is 0 Å². The number of anilines is 2. The van der Waals surface area contributed by atoms with Crippen LogP contribution in [-0.2, 0) is 17.7 Å². The van der Waals surface area contributed by atoms with E-state index in [4.69, 9.17) is 26.3 Å². The second-order valence-corrected chi connectivity index (χ2v) is 9.59. The molecule has 1 aliphatic heterocycles. The number of rotatable bonds is 6. The van der Waals surface area contributed by atoms with Crippen LogP contribution < -0.4 is 5.32 Å². The van der Waals surface area contributed by atoms with Crippen molar-refractivity contribution in [2.45, 2.75) is 45.9 Å². The fourth-order valence-corrected chi connectivity index (χ4v) is 4.89. The van der Waals surface area contributed by atoms with Crippen molar-refractivity contribution in [3.63, 3.8) is 0 Å². The molecule has 2 aromatic heterocycles. The van der Waals surface area contributed by atoms with Crippen molar-refractivity contribution in [3.05, 3.63) is 77.2 Å². The van der Waals surface area contributed by atoms with Crippen LogP contribution in [0.2, 0.25) is 5.02 Å². The summed E-state index contributed by atoms with van der Waals surface area (Å²) in [4.78, 5) is 16.8. The fraction of sp³-hybridized carbons (Fsp3) is 0.321.